The summed E-state index contributed by atoms with van der Waals surface area (Å²) in [5.41, 5.74) is 8.06. The maximum Gasteiger partial charge on any atom is 0.251 e. The average molecular weight is 357 g/mol. The molecule has 0 bridgehead atoms. The van der Waals surface area contributed by atoms with Crippen molar-refractivity contribution in [3.05, 3.63) is 27.7 Å². The third-order valence-corrected chi connectivity index (χ3v) is 6.05. The van der Waals surface area contributed by atoms with E-state index >= 15 is 0 Å². The van der Waals surface area contributed by atoms with Crippen LogP contribution in [0.1, 0.15) is 41.6 Å². The Hall–Kier alpha value is -0.680. The predicted octanol–water partition coefficient (Wildman–Crippen LogP) is 3.75. The number of hydrogen-bond donors (Lipinski definition) is 2. The van der Waals surface area contributed by atoms with E-state index in [1.54, 1.807) is 0 Å². The molecule has 1 aliphatic carbocycles. The lowest BCUT2D eigenvalue weighted by Gasteiger charge is -2.27. The SMILES string of the molecule is CSC1(CNC(=O)c2cc(Br)cc(N)c2C)CCCC1. The lowest BCUT2D eigenvalue weighted by molar-refractivity contribution is 0.0949. The van der Waals surface area contributed by atoms with Crippen LogP contribution in [0.25, 0.3) is 0 Å². The first-order chi connectivity index (χ1) is 9.47. The summed E-state index contributed by atoms with van der Waals surface area (Å²) in [5, 5.41) is 3.09. The molecule has 0 spiro atoms. The minimum absolute atomic E-state index is 0.0316. The summed E-state index contributed by atoms with van der Waals surface area (Å²) in [6.45, 7) is 2.62. The van der Waals surface area contributed by atoms with Gasteiger partial charge in [-0.05, 0) is 43.7 Å². The number of carbonyl (C=O) groups excluding carboxylic acids is 1. The van der Waals surface area contributed by atoms with Gasteiger partial charge in [0.25, 0.3) is 5.91 Å². The fraction of sp³-hybridized carbons (Fsp3) is 0.533. The highest BCUT2D eigenvalue weighted by atomic mass is 79.9. The van der Waals surface area contributed by atoms with E-state index < -0.39 is 0 Å². The maximum absolute atomic E-state index is 12.4. The minimum atomic E-state index is -0.0316. The number of anilines is 1. The number of nitrogen functional groups attached to an aromatic ring is 1. The van der Waals surface area contributed by atoms with E-state index in [1.165, 1.54) is 25.7 Å². The molecule has 2 rings (SSSR count). The molecule has 1 amide bonds. The minimum Gasteiger partial charge on any atom is -0.398 e. The molecule has 0 unspecified atom stereocenters. The number of halogens is 1. The van der Waals surface area contributed by atoms with E-state index in [4.69, 9.17) is 5.73 Å². The van der Waals surface area contributed by atoms with Gasteiger partial charge in [0.1, 0.15) is 0 Å². The van der Waals surface area contributed by atoms with Gasteiger partial charge in [0.2, 0.25) is 0 Å². The second-order valence-corrected chi connectivity index (χ2v) is 7.63. The summed E-state index contributed by atoms with van der Waals surface area (Å²) in [4.78, 5) is 12.4. The molecule has 110 valence electrons. The number of hydrogen-bond acceptors (Lipinski definition) is 3. The number of nitrogens with one attached hydrogen (secondary N) is 1. The van der Waals surface area contributed by atoms with Crippen LogP contribution < -0.4 is 11.1 Å². The molecule has 5 heteroatoms. The maximum atomic E-state index is 12.4. The molecule has 1 saturated carbocycles. The molecule has 20 heavy (non-hydrogen) atoms. The smallest absolute Gasteiger partial charge is 0.251 e. The van der Waals surface area contributed by atoms with Crippen LogP contribution in [0.3, 0.4) is 0 Å². The summed E-state index contributed by atoms with van der Waals surface area (Å²) < 4.78 is 1.06. The van der Waals surface area contributed by atoms with Crippen LogP contribution in [-0.4, -0.2) is 23.5 Å². The Morgan fingerprint density at radius 1 is 1.45 bits per heavy atom. The van der Waals surface area contributed by atoms with E-state index in [-0.39, 0.29) is 10.7 Å². The molecule has 0 aromatic heterocycles. The van der Waals surface area contributed by atoms with Gasteiger partial charge < -0.3 is 11.1 Å². The zero-order chi connectivity index (χ0) is 14.8. The van der Waals surface area contributed by atoms with Gasteiger partial charge >= 0.3 is 0 Å². The van der Waals surface area contributed by atoms with E-state index in [1.807, 2.05) is 30.8 Å². The Labute approximate surface area is 133 Å². The van der Waals surface area contributed by atoms with Crippen molar-refractivity contribution in [3.63, 3.8) is 0 Å². The zero-order valence-electron chi connectivity index (χ0n) is 12.0. The number of thioether (sulfide) groups is 1. The van der Waals surface area contributed by atoms with Gasteiger partial charge in [0.05, 0.1) is 0 Å². The van der Waals surface area contributed by atoms with Crippen molar-refractivity contribution < 1.29 is 4.79 Å². The molecule has 3 N–H and O–H groups in total. The van der Waals surface area contributed by atoms with Gasteiger partial charge in [-0.2, -0.15) is 11.8 Å². The Morgan fingerprint density at radius 3 is 2.70 bits per heavy atom. The fourth-order valence-corrected chi connectivity index (χ4v) is 4.13. The van der Waals surface area contributed by atoms with Crippen molar-refractivity contribution in [3.8, 4) is 0 Å². The van der Waals surface area contributed by atoms with Crippen LogP contribution in [0.4, 0.5) is 5.69 Å². The van der Waals surface area contributed by atoms with Crippen molar-refractivity contribution in [2.75, 3.05) is 18.5 Å². The number of amides is 1. The second-order valence-electron chi connectivity index (χ2n) is 5.44. The molecule has 0 aliphatic heterocycles. The molecule has 0 saturated heterocycles. The zero-order valence-corrected chi connectivity index (χ0v) is 14.4. The van der Waals surface area contributed by atoms with E-state index in [9.17, 15) is 4.79 Å². The first kappa shape index (κ1) is 15.7. The highest BCUT2D eigenvalue weighted by molar-refractivity contribution is 9.10. The topological polar surface area (TPSA) is 55.1 Å². The summed E-state index contributed by atoms with van der Waals surface area (Å²) >= 11 is 5.27. The van der Waals surface area contributed by atoms with E-state index in [2.05, 4.69) is 27.5 Å². The average Bonchev–Trinajstić information content (AvgIpc) is 2.89. The van der Waals surface area contributed by atoms with Crippen LogP contribution in [0.2, 0.25) is 0 Å². The van der Waals surface area contributed by atoms with E-state index in [0.29, 0.717) is 11.3 Å². The third kappa shape index (κ3) is 3.31. The van der Waals surface area contributed by atoms with Gasteiger partial charge in [-0.1, -0.05) is 28.8 Å². The number of rotatable bonds is 4. The first-order valence-corrected chi connectivity index (χ1v) is 8.88. The van der Waals surface area contributed by atoms with Gasteiger partial charge in [-0.25, -0.2) is 0 Å². The van der Waals surface area contributed by atoms with Gasteiger partial charge in [0.15, 0.2) is 0 Å². The molecule has 1 fully saturated rings. The normalized spacial score (nSPS) is 17.1. The predicted molar refractivity (Wildman–Crippen MR) is 90.3 cm³/mol. The van der Waals surface area contributed by atoms with Crippen molar-refractivity contribution in [2.45, 2.75) is 37.4 Å². The summed E-state index contributed by atoms with van der Waals surface area (Å²) in [7, 11) is 0. The fourth-order valence-electron chi connectivity index (χ4n) is 2.74. The van der Waals surface area contributed by atoms with Gasteiger partial charge in [0, 0.05) is 27.0 Å². The summed E-state index contributed by atoms with van der Waals surface area (Å²) in [5.74, 6) is -0.0316. The van der Waals surface area contributed by atoms with Gasteiger partial charge in [-0.3, -0.25) is 4.79 Å². The van der Waals surface area contributed by atoms with Crippen LogP contribution in [0, 0.1) is 6.92 Å². The summed E-state index contributed by atoms with van der Waals surface area (Å²) in [6, 6.07) is 3.66. The van der Waals surface area contributed by atoms with Crippen LogP contribution in [0.15, 0.2) is 16.6 Å². The Kier molecular flexibility index (Phi) is 5.02. The molecular weight excluding hydrogens is 336 g/mol. The Balaban J connectivity index is 2.09. The summed E-state index contributed by atoms with van der Waals surface area (Å²) in [6.07, 6.45) is 7.04. The highest BCUT2D eigenvalue weighted by Gasteiger charge is 2.33. The van der Waals surface area contributed by atoms with Crippen molar-refractivity contribution in [2.24, 2.45) is 0 Å². The number of carbonyl (C=O) groups is 1. The molecule has 1 aromatic carbocycles. The molecule has 0 heterocycles. The van der Waals surface area contributed by atoms with E-state index in [0.717, 1.165) is 16.6 Å². The molecule has 1 aromatic rings. The Bertz CT molecular complexity index is 513. The highest BCUT2D eigenvalue weighted by Crippen LogP contribution is 2.39. The second kappa shape index (κ2) is 6.39. The van der Waals surface area contributed by atoms with Crippen molar-refractivity contribution >= 4 is 39.3 Å². The molecular formula is C15H21BrN2OS. The third-order valence-electron chi connectivity index (χ3n) is 4.18. The van der Waals surface area contributed by atoms with Crippen molar-refractivity contribution in [1.29, 1.82) is 0 Å². The molecule has 1 aliphatic rings. The van der Waals surface area contributed by atoms with Gasteiger partial charge in [-0.15, -0.1) is 0 Å². The van der Waals surface area contributed by atoms with Crippen molar-refractivity contribution in [1.82, 2.24) is 5.32 Å². The lowest BCUT2D eigenvalue weighted by atomic mass is 10.0. The molecule has 0 atom stereocenters. The molecule has 0 radical (unpaired) electrons. The van der Waals surface area contributed by atoms with Crippen LogP contribution in [-0.2, 0) is 0 Å². The number of benzene rings is 1. The quantitative estimate of drug-likeness (QED) is 0.807. The molecule has 3 nitrogen and oxygen atoms in total. The Morgan fingerprint density at radius 2 is 2.10 bits per heavy atom. The standard InChI is InChI=1S/C15H21BrN2OS/c1-10-12(7-11(16)8-13(10)17)14(19)18-9-15(20-2)5-3-4-6-15/h7-8H,3-6,9,17H2,1-2H3,(H,18,19). The number of nitrogens with two attached hydrogens (primary N) is 1. The van der Waals surface area contributed by atoms with Crippen LogP contribution >= 0.6 is 27.7 Å². The lowest BCUT2D eigenvalue weighted by Crippen LogP contribution is -2.38. The largest absolute Gasteiger partial charge is 0.398 e. The monoisotopic (exact) mass is 356 g/mol. The first-order valence-electron chi connectivity index (χ1n) is 6.86. The van der Waals surface area contributed by atoms with Crippen LogP contribution in [0.5, 0.6) is 0 Å².